The lowest BCUT2D eigenvalue weighted by Crippen LogP contribution is -2.48. The van der Waals surface area contributed by atoms with Crippen LogP contribution in [0.2, 0.25) is 0 Å². The van der Waals surface area contributed by atoms with E-state index in [4.69, 9.17) is 4.74 Å². The molecule has 0 spiro atoms. The van der Waals surface area contributed by atoms with Gasteiger partial charge in [-0.05, 0) is 47.7 Å². The van der Waals surface area contributed by atoms with Crippen molar-refractivity contribution < 1.29 is 31.8 Å². The largest absolute Gasteiger partial charge is 0.573 e. The molecule has 176 valence electrons. The molecule has 2 aromatic rings. The molecule has 2 amide bonds. The van der Waals surface area contributed by atoms with Crippen molar-refractivity contribution in [3.05, 3.63) is 58.9 Å². The van der Waals surface area contributed by atoms with E-state index in [1.165, 1.54) is 24.3 Å². The lowest BCUT2D eigenvalue weighted by atomic mass is 9.92. The first kappa shape index (κ1) is 21.8. The molecule has 0 bridgehead atoms. The minimum atomic E-state index is -4.79. The van der Waals surface area contributed by atoms with Gasteiger partial charge in [-0.1, -0.05) is 12.1 Å². The summed E-state index contributed by atoms with van der Waals surface area (Å²) in [5.41, 5.74) is 1.30. The zero-order chi connectivity index (χ0) is 23.2. The highest BCUT2D eigenvalue weighted by molar-refractivity contribution is 5.76. The van der Waals surface area contributed by atoms with Gasteiger partial charge in [0.05, 0.1) is 18.2 Å². The van der Waals surface area contributed by atoms with Crippen molar-refractivity contribution in [1.82, 2.24) is 16.0 Å². The predicted octanol–water partition coefficient (Wildman–Crippen LogP) is 3.70. The number of benzene rings is 2. The summed E-state index contributed by atoms with van der Waals surface area (Å²) in [4.78, 5) is 12.8. The number of hydrogen-bond acceptors (Lipinski definition) is 4. The quantitative estimate of drug-likeness (QED) is 0.589. The summed E-state index contributed by atoms with van der Waals surface area (Å²) in [6, 6.07) is 8.08. The number of halogens is 4. The second-order valence-electron chi connectivity index (χ2n) is 8.71. The molecule has 3 N–H and O–H groups in total. The summed E-state index contributed by atoms with van der Waals surface area (Å²) in [6.45, 7) is 1.53. The fraction of sp³-hybridized carbons (Fsp3) is 0.435. The van der Waals surface area contributed by atoms with Crippen LogP contribution in [0.5, 0.6) is 11.5 Å². The number of urea groups is 1. The van der Waals surface area contributed by atoms with Crippen LogP contribution < -0.4 is 25.4 Å². The normalized spacial score (nSPS) is 22.9. The molecule has 0 unspecified atom stereocenters. The van der Waals surface area contributed by atoms with Crippen molar-refractivity contribution in [3.63, 3.8) is 0 Å². The molecular weight excluding hydrogens is 442 g/mol. The smallest absolute Gasteiger partial charge is 0.493 e. The molecule has 2 aromatic carbocycles. The Morgan fingerprint density at radius 3 is 2.76 bits per heavy atom. The van der Waals surface area contributed by atoms with Gasteiger partial charge in [0.1, 0.15) is 17.3 Å². The number of amides is 2. The number of rotatable bonds is 5. The Balaban J connectivity index is 1.27. The summed E-state index contributed by atoms with van der Waals surface area (Å²) in [6.07, 6.45) is -2.87. The Morgan fingerprint density at radius 2 is 2.00 bits per heavy atom. The van der Waals surface area contributed by atoms with E-state index in [1.54, 1.807) is 6.07 Å². The second-order valence-corrected chi connectivity index (χ2v) is 8.71. The fourth-order valence-electron chi connectivity index (χ4n) is 4.68. The van der Waals surface area contributed by atoms with Gasteiger partial charge in [0.25, 0.3) is 0 Å². The fourth-order valence-corrected chi connectivity index (χ4v) is 4.68. The van der Waals surface area contributed by atoms with Crippen LogP contribution in [0.25, 0.3) is 0 Å². The van der Waals surface area contributed by atoms with Crippen LogP contribution in [0.1, 0.15) is 35.4 Å². The van der Waals surface area contributed by atoms with E-state index < -0.39 is 17.9 Å². The van der Waals surface area contributed by atoms with E-state index >= 15 is 0 Å². The van der Waals surface area contributed by atoms with Crippen LogP contribution in [0.4, 0.5) is 22.4 Å². The number of carbonyl (C=O) groups excluding carboxylic acids is 1. The first-order chi connectivity index (χ1) is 15.7. The van der Waals surface area contributed by atoms with Crippen molar-refractivity contribution in [2.24, 2.45) is 0 Å². The third-order valence-corrected chi connectivity index (χ3v) is 6.46. The molecule has 2 heterocycles. The molecule has 2 atom stereocenters. The minimum absolute atomic E-state index is 0.250. The van der Waals surface area contributed by atoms with Gasteiger partial charge in [-0.25, -0.2) is 9.18 Å². The summed E-state index contributed by atoms with van der Waals surface area (Å²) in [7, 11) is 0. The minimum Gasteiger partial charge on any atom is -0.493 e. The second kappa shape index (κ2) is 8.09. The van der Waals surface area contributed by atoms with Gasteiger partial charge in [-0.2, -0.15) is 0 Å². The van der Waals surface area contributed by atoms with Gasteiger partial charge in [-0.15, -0.1) is 13.2 Å². The Kier molecular flexibility index (Phi) is 5.35. The van der Waals surface area contributed by atoms with Gasteiger partial charge in [0, 0.05) is 31.5 Å². The molecule has 1 saturated heterocycles. The van der Waals surface area contributed by atoms with Crippen molar-refractivity contribution >= 4 is 6.03 Å². The van der Waals surface area contributed by atoms with E-state index in [9.17, 15) is 22.4 Å². The number of alkyl halides is 3. The molecule has 10 heteroatoms. The van der Waals surface area contributed by atoms with Crippen molar-refractivity contribution in [2.45, 2.75) is 43.1 Å². The SMILES string of the molecule is O=C(N[C@@H]1CNC[C@H]1c1cc2c(cc1F)OCC2)NC1(c2cccc(OC(F)(F)F)c2)CC1. The predicted molar refractivity (Wildman–Crippen MR) is 111 cm³/mol. The molecule has 2 fully saturated rings. The summed E-state index contributed by atoms with van der Waals surface area (Å²) < 4.78 is 61.8. The summed E-state index contributed by atoms with van der Waals surface area (Å²) in [5.74, 6) is -0.376. The zero-order valence-electron chi connectivity index (χ0n) is 17.6. The van der Waals surface area contributed by atoms with Gasteiger partial charge < -0.3 is 25.4 Å². The van der Waals surface area contributed by atoms with Crippen LogP contribution in [-0.4, -0.2) is 38.1 Å². The lowest BCUT2D eigenvalue weighted by Gasteiger charge is -2.24. The third kappa shape index (κ3) is 4.57. The van der Waals surface area contributed by atoms with Crippen LogP contribution in [0.3, 0.4) is 0 Å². The van der Waals surface area contributed by atoms with Gasteiger partial charge in [0.2, 0.25) is 0 Å². The van der Waals surface area contributed by atoms with Crippen LogP contribution in [0, 0.1) is 5.82 Å². The highest BCUT2D eigenvalue weighted by Crippen LogP contribution is 2.46. The highest BCUT2D eigenvalue weighted by atomic mass is 19.4. The number of fused-ring (bicyclic) bond motifs is 1. The van der Waals surface area contributed by atoms with E-state index in [0.717, 1.165) is 12.0 Å². The van der Waals surface area contributed by atoms with Crippen LogP contribution >= 0.6 is 0 Å². The Labute approximate surface area is 187 Å². The Morgan fingerprint density at radius 1 is 1.18 bits per heavy atom. The van der Waals surface area contributed by atoms with E-state index in [2.05, 4.69) is 20.7 Å². The first-order valence-electron chi connectivity index (χ1n) is 10.8. The van der Waals surface area contributed by atoms with Gasteiger partial charge in [-0.3, -0.25) is 0 Å². The van der Waals surface area contributed by atoms with Gasteiger partial charge >= 0.3 is 12.4 Å². The van der Waals surface area contributed by atoms with E-state index in [1.807, 2.05) is 6.07 Å². The first-order valence-corrected chi connectivity index (χ1v) is 10.8. The number of hydrogen-bond donors (Lipinski definition) is 3. The molecule has 3 aliphatic rings. The van der Waals surface area contributed by atoms with Crippen molar-refractivity contribution in [1.29, 1.82) is 0 Å². The maximum Gasteiger partial charge on any atom is 0.573 e. The number of carbonyl (C=O) groups is 1. The summed E-state index contributed by atoms with van der Waals surface area (Å²) >= 11 is 0. The maximum atomic E-state index is 14.7. The van der Waals surface area contributed by atoms with Crippen molar-refractivity contribution in [3.8, 4) is 11.5 Å². The molecule has 6 nitrogen and oxygen atoms in total. The average Bonchev–Trinajstić information content (AvgIpc) is 3.14. The van der Waals surface area contributed by atoms with E-state index in [-0.39, 0.29) is 23.5 Å². The number of ether oxygens (including phenoxy) is 2. The Hall–Kier alpha value is -3.01. The standard InChI is InChI=1S/C23H23F4N3O3/c24-18-10-20-13(4-7-32-20)8-16(18)17-11-28-12-19(17)29-21(31)30-22(5-6-22)14-2-1-3-15(9-14)33-23(25,26)27/h1-3,8-10,17,19,28H,4-7,11-12H2,(H2,29,30,31)/t17-,19+/m0/s1. The molecule has 0 radical (unpaired) electrons. The van der Waals surface area contributed by atoms with Gasteiger partial charge in [0.15, 0.2) is 0 Å². The van der Waals surface area contributed by atoms with Crippen molar-refractivity contribution in [2.75, 3.05) is 19.7 Å². The topological polar surface area (TPSA) is 71.6 Å². The average molecular weight is 465 g/mol. The molecule has 1 aliphatic carbocycles. The van der Waals surface area contributed by atoms with Crippen LogP contribution in [0.15, 0.2) is 36.4 Å². The molecule has 5 rings (SSSR count). The summed E-state index contributed by atoms with van der Waals surface area (Å²) in [5, 5.41) is 9.02. The van der Waals surface area contributed by atoms with E-state index in [0.29, 0.717) is 49.4 Å². The Bertz CT molecular complexity index is 1070. The number of nitrogens with one attached hydrogen (secondary N) is 3. The maximum absolute atomic E-state index is 14.7. The molecule has 2 aliphatic heterocycles. The van der Waals surface area contributed by atoms with Crippen LogP contribution in [-0.2, 0) is 12.0 Å². The lowest BCUT2D eigenvalue weighted by molar-refractivity contribution is -0.274. The third-order valence-electron chi connectivity index (χ3n) is 6.46. The monoisotopic (exact) mass is 465 g/mol. The highest BCUT2D eigenvalue weighted by Gasteiger charge is 2.47. The zero-order valence-corrected chi connectivity index (χ0v) is 17.6. The molecule has 33 heavy (non-hydrogen) atoms. The molecule has 1 saturated carbocycles. The molecular formula is C23H23F4N3O3. The molecule has 0 aromatic heterocycles.